The van der Waals surface area contributed by atoms with Gasteiger partial charge >= 0.3 is 11.7 Å². The predicted molar refractivity (Wildman–Crippen MR) is 101 cm³/mol. The number of carbonyl (C=O) groups is 2. The number of carbonyl (C=O) groups excluding carboxylic acids is 2. The zero-order valence-corrected chi connectivity index (χ0v) is 16.2. The monoisotopic (exact) mass is 375 g/mol. The van der Waals surface area contributed by atoms with E-state index in [1.54, 1.807) is 6.92 Å². The third-order valence-electron chi connectivity index (χ3n) is 3.76. The summed E-state index contributed by atoms with van der Waals surface area (Å²) in [6.07, 6.45) is 0. The summed E-state index contributed by atoms with van der Waals surface area (Å²) in [7, 11) is 1.25. The van der Waals surface area contributed by atoms with Gasteiger partial charge < -0.3 is 15.0 Å². The number of anilines is 1. The fraction of sp³-hybridized carbons (Fsp3) is 0.333. The Kier molecular flexibility index (Phi) is 6.20. The fourth-order valence-electron chi connectivity index (χ4n) is 2.69. The van der Waals surface area contributed by atoms with Gasteiger partial charge in [-0.2, -0.15) is 4.98 Å². The molecule has 0 saturated carbocycles. The van der Waals surface area contributed by atoms with Gasteiger partial charge in [0.2, 0.25) is 5.91 Å². The van der Waals surface area contributed by atoms with Crippen molar-refractivity contribution in [3.8, 4) is 0 Å². The number of aromatic amines is 1. The van der Waals surface area contributed by atoms with E-state index in [9.17, 15) is 14.4 Å². The molecule has 1 aromatic heterocycles. The number of thioether (sulfide) groups is 1. The Morgan fingerprint density at radius 3 is 2.38 bits per heavy atom. The van der Waals surface area contributed by atoms with Gasteiger partial charge in [0, 0.05) is 11.4 Å². The molecule has 2 aromatic rings. The average molecular weight is 375 g/mol. The first-order valence-electron chi connectivity index (χ1n) is 7.92. The number of nitrogens with zero attached hydrogens (tertiary/aromatic N) is 1. The van der Waals surface area contributed by atoms with Crippen molar-refractivity contribution in [1.29, 1.82) is 0 Å². The minimum absolute atomic E-state index is 0.00659. The minimum Gasteiger partial charge on any atom is -0.465 e. The number of methoxy groups -OCH3 is 1. The molecule has 1 aromatic carbocycles. The molecule has 8 heteroatoms. The first kappa shape index (κ1) is 19.7. The Balaban J connectivity index is 2.18. The molecule has 0 saturated heterocycles. The second kappa shape index (κ2) is 8.18. The van der Waals surface area contributed by atoms with Crippen LogP contribution >= 0.6 is 11.8 Å². The number of esters is 1. The third kappa shape index (κ3) is 4.51. The summed E-state index contributed by atoms with van der Waals surface area (Å²) in [5, 5.41) is 3.05. The van der Waals surface area contributed by atoms with Crippen LogP contribution in [0.25, 0.3) is 0 Å². The van der Waals surface area contributed by atoms with E-state index in [2.05, 4.69) is 15.3 Å². The Labute approximate surface area is 155 Å². The Bertz CT molecular complexity index is 898. The van der Waals surface area contributed by atoms with Gasteiger partial charge in [0.15, 0.2) is 0 Å². The molecule has 138 valence electrons. The molecular formula is C18H21N3O4S. The molecule has 0 radical (unpaired) electrons. The van der Waals surface area contributed by atoms with E-state index in [1.165, 1.54) is 7.11 Å². The van der Waals surface area contributed by atoms with Crippen LogP contribution in [0.3, 0.4) is 0 Å². The highest BCUT2D eigenvalue weighted by Crippen LogP contribution is 2.24. The van der Waals surface area contributed by atoms with Crippen LogP contribution in [-0.2, 0) is 9.53 Å². The van der Waals surface area contributed by atoms with E-state index in [0.29, 0.717) is 5.69 Å². The molecule has 0 aliphatic carbocycles. The molecule has 1 amide bonds. The van der Waals surface area contributed by atoms with E-state index >= 15 is 0 Å². The highest BCUT2D eigenvalue weighted by Gasteiger charge is 2.19. The maximum absolute atomic E-state index is 12.3. The number of ether oxygens (including phenoxy) is 1. The number of nitrogens with one attached hydrogen (secondary N) is 2. The minimum atomic E-state index is -0.612. The van der Waals surface area contributed by atoms with Crippen molar-refractivity contribution in [2.45, 2.75) is 32.7 Å². The molecule has 0 fully saturated rings. The molecule has 2 N–H and O–H groups in total. The SMILES string of the molecule is COC(=O)c1c(SCC(=O)Nc2c(C)cc(C)cc2C)nc(=O)[nH]c1C. The van der Waals surface area contributed by atoms with Gasteiger partial charge in [-0.25, -0.2) is 9.59 Å². The average Bonchev–Trinajstić information content (AvgIpc) is 2.55. The molecule has 0 aliphatic heterocycles. The lowest BCUT2D eigenvalue weighted by atomic mass is 10.1. The highest BCUT2D eigenvalue weighted by molar-refractivity contribution is 8.00. The number of hydrogen-bond donors (Lipinski definition) is 2. The first-order chi connectivity index (χ1) is 12.2. The molecular weight excluding hydrogens is 354 g/mol. The number of aryl methyl sites for hydroxylation is 4. The van der Waals surface area contributed by atoms with Gasteiger partial charge in [-0.15, -0.1) is 0 Å². The van der Waals surface area contributed by atoms with Gasteiger partial charge in [-0.05, 0) is 38.8 Å². The summed E-state index contributed by atoms with van der Waals surface area (Å²) in [5.41, 5.74) is 3.77. The number of aromatic nitrogens is 2. The van der Waals surface area contributed by atoms with E-state index in [4.69, 9.17) is 4.74 Å². The fourth-order valence-corrected chi connectivity index (χ4v) is 3.56. The number of benzene rings is 1. The van der Waals surface area contributed by atoms with E-state index < -0.39 is 11.7 Å². The van der Waals surface area contributed by atoms with Gasteiger partial charge in [0.25, 0.3) is 0 Å². The third-order valence-corrected chi connectivity index (χ3v) is 4.73. The summed E-state index contributed by atoms with van der Waals surface area (Å²) in [6, 6.07) is 3.99. The summed E-state index contributed by atoms with van der Waals surface area (Å²) < 4.78 is 4.73. The van der Waals surface area contributed by atoms with Crippen LogP contribution in [0, 0.1) is 27.7 Å². The van der Waals surface area contributed by atoms with Gasteiger partial charge in [-0.3, -0.25) is 4.79 Å². The quantitative estimate of drug-likeness (QED) is 0.473. The zero-order chi connectivity index (χ0) is 19.4. The largest absolute Gasteiger partial charge is 0.465 e. The Hall–Kier alpha value is -2.61. The number of hydrogen-bond acceptors (Lipinski definition) is 6. The molecule has 0 atom stereocenters. The standard InChI is InChI=1S/C18H21N3O4S/c1-9-6-10(2)15(11(3)7-9)20-13(22)8-26-16-14(17(23)25-5)12(4)19-18(24)21-16/h6-7H,8H2,1-5H3,(H,20,22)(H,19,21,24). The van der Waals surface area contributed by atoms with Gasteiger partial charge in [0.1, 0.15) is 10.6 Å². The van der Waals surface area contributed by atoms with Crippen molar-refractivity contribution in [3.05, 3.63) is 50.6 Å². The smallest absolute Gasteiger partial charge is 0.346 e. The van der Waals surface area contributed by atoms with E-state index in [1.807, 2.05) is 32.9 Å². The molecule has 2 rings (SSSR count). The van der Waals surface area contributed by atoms with Crippen LogP contribution < -0.4 is 11.0 Å². The normalized spacial score (nSPS) is 10.5. The maximum Gasteiger partial charge on any atom is 0.346 e. The van der Waals surface area contributed by atoms with Crippen LogP contribution in [-0.4, -0.2) is 34.7 Å². The van der Waals surface area contributed by atoms with Crippen molar-refractivity contribution < 1.29 is 14.3 Å². The molecule has 7 nitrogen and oxygen atoms in total. The number of amides is 1. The molecule has 0 spiro atoms. The molecule has 1 heterocycles. The van der Waals surface area contributed by atoms with Crippen LogP contribution in [0.15, 0.2) is 22.0 Å². The second-order valence-corrected chi connectivity index (χ2v) is 6.91. The highest BCUT2D eigenvalue weighted by atomic mass is 32.2. The second-order valence-electron chi connectivity index (χ2n) is 5.95. The topological polar surface area (TPSA) is 101 Å². The van der Waals surface area contributed by atoms with Crippen molar-refractivity contribution in [3.63, 3.8) is 0 Å². The van der Waals surface area contributed by atoms with Crippen molar-refractivity contribution in [2.75, 3.05) is 18.2 Å². The van der Waals surface area contributed by atoms with Crippen molar-refractivity contribution >= 4 is 29.3 Å². The van der Waals surface area contributed by atoms with E-state index in [0.717, 1.165) is 34.1 Å². The predicted octanol–water partition coefficient (Wildman–Crippen LogP) is 2.52. The molecule has 0 aliphatic rings. The first-order valence-corrected chi connectivity index (χ1v) is 8.91. The lowest BCUT2D eigenvalue weighted by Gasteiger charge is -2.13. The molecule has 26 heavy (non-hydrogen) atoms. The number of H-pyrrole nitrogens is 1. The number of rotatable bonds is 5. The summed E-state index contributed by atoms with van der Waals surface area (Å²) >= 11 is 1.02. The summed E-state index contributed by atoms with van der Waals surface area (Å²) in [6.45, 7) is 7.44. The lowest BCUT2D eigenvalue weighted by Crippen LogP contribution is -2.21. The molecule has 0 unspecified atom stereocenters. The summed E-state index contributed by atoms with van der Waals surface area (Å²) in [4.78, 5) is 42.1. The summed E-state index contributed by atoms with van der Waals surface area (Å²) in [5.74, 6) is -0.855. The van der Waals surface area contributed by atoms with Crippen LogP contribution in [0.4, 0.5) is 5.69 Å². The van der Waals surface area contributed by atoms with Crippen LogP contribution in [0.1, 0.15) is 32.7 Å². The zero-order valence-electron chi connectivity index (χ0n) is 15.4. The molecule has 0 bridgehead atoms. The van der Waals surface area contributed by atoms with Crippen molar-refractivity contribution in [1.82, 2.24) is 9.97 Å². The van der Waals surface area contributed by atoms with E-state index in [-0.39, 0.29) is 22.2 Å². The van der Waals surface area contributed by atoms with Gasteiger partial charge in [0.05, 0.1) is 12.9 Å². The van der Waals surface area contributed by atoms with Crippen molar-refractivity contribution in [2.24, 2.45) is 0 Å². The van der Waals surface area contributed by atoms with Crippen LogP contribution in [0.2, 0.25) is 0 Å². The van der Waals surface area contributed by atoms with Crippen LogP contribution in [0.5, 0.6) is 0 Å². The lowest BCUT2D eigenvalue weighted by molar-refractivity contribution is -0.113. The van der Waals surface area contributed by atoms with Gasteiger partial charge in [-0.1, -0.05) is 29.5 Å². The maximum atomic E-state index is 12.3. The Morgan fingerprint density at radius 2 is 1.81 bits per heavy atom. The Morgan fingerprint density at radius 1 is 1.19 bits per heavy atom.